The van der Waals surface area contributed by atoms with Crippen molar-refractivity contribution in [2.45, 2.75) is 18.5 Å². The van der Waals surface area contributed by atoms with Crippen LogP contribution in [0, 0.1) is 6.92 Å². The van der Waals surface area contributed by atoms with Crippen LogP contribution in [0.4, 0.5) is 0 Å². The van der Waals surface area contributed by atoms with Gasteiger partial charge in [0.1, 0.15) is 29.4 Å². The van der Waals surface area contributed by atoms with Crippen molar-refractivity contribution < 1.29 is 28.6 Å². The van der Waals surface area contributed by atoms with Crippen molar-refractivity contribution in [1.29, 1.82) is 0 Å². The van der Waals surface area contributed by atoms with Crippen molar-refractivity contribution in [3.63, 3.8) is 0 Å². The van der Waals surface area contributed by atoms with Crippen LogP contribution in [0.15, 0.2) is 39.9 Å². The molecule has 0 radical (unpaired) electrons. The van der Waals surface area contributed by atoms with E-state index in [1.165, 1.54) is 14.2 Å². The molecule has 0 bridgehead atoms. The number of carbonyl (C=O) groups is 2. The molecule has 10 heteroatoms. The second-order valence-electron chi connectivity index (χ2n) is 5.96. The molecule has 0 saturated carbocycles. The summed E-state index contributed by atoms with van der Waals surface area (Å²) in [7, 11) is 3.06. The standard InChI is InChI=1S/C19H19N3O6S/c1-11-7-8-15(28-11)18-20-21-19(29-10-12(23)9-16(24)25)22(18)17-13(26-2)5-4-6-14(17)27-3/h4-8H,9-10H2,1-3H3,(H,24,25). The monoisotopic (exact) mass is 417 g/mol. The number of furan rings is 1. The average molecular weight is 417 g/mol. The number of aromatic nitrogens is 3. The van der Waals surface area contributed by atoms with Gasteiger partial charge in [0.15, 0.2) is 16.7 Å². The van der Waals surface area contributed by atoms with E-state index in [1.54, 1.807) is 34.9 Å². The van der Waals surface area contributed by atoms with E-state index in [-0.39, 0.29) is 5.75 Å². The molecule has 0 atom stereocenters. The highest BCUT2D eigenvalue weighted by Crippen LogP contribution is 2.38. The first-order valence-corrected chi connectivity index (χ1v) is 9.53. The quantitative estimate of drug-likeness (QED) is 0.414. The van der Waals surface area contributed by atoms with Gasteiger partial charge in [-0.25, -0.2) is 0 Å². The lowest BCUT2D eigenvalue weighted by Crippen LogP contribution is -2.10. The Hall–Kier alpha value is -3.27. The van der Waals surface area contributed by atoms with E-state index < -0.39 is 18.2 Å². The Morgan fingerprint density at radius 3 is 2.38 bits per heavy atom. The number of aliphatic carboxylic acids is 1. The highest BCUT2D eigenvalue weighted by atomic mass is 32.2. The Labute approximate surface area is 170 Å². The minimum Gasteiger partial charge on any atom is -0.494 e. The van der Waals surface area contributed by atoms with Crippen molar-refractivity contribution in [2.24, 2.45) is 0 Å². The lowest BCUT2D eigenvalue weighted by Gasteiger charge is -2.16. The van der Waals surface area contributed by atoms with E-state index in [0.717, 1.165) is 11.8 Å². The number of hydrogen-bond acceptors (Lipinski definition) is 8. The van der Waals surface area contributed by atoms with Gasteiger partial charge in [0, 0.05) is 0 Å². The number of ketones is 1. The molecule has 1 N–H and O–H groups in total. The van der Waals surface area contributed by atoms with Gasteiger partial charge in [-0.3, -0.25) is 14.2 Å². The molecule has 1 aromatic carbocycles. The molecular formula is C19H19N3O6S. The molecule has 3 rings (SSSR count). The Bertz CT molecular complexity index is 1020. The van der Waals surface area contributed by atoms with E-state index in [4.69, 9.17) is 19.0 Å². The number of carboxylic acid groups (broad SMARTS) is 1. The van der Waals surface area contributed by atoms with Gasteiger partial charge in [-0.1, -0.05) is 17.8 Å². The lowest BCUT2D eigenvalue weighted by atomic mass is 10.2. The average Bonchev–Trinajstić information content (AvgIpc) is 3.30. The first-order chi connectivity index (χ1) is 13.9. The molecule has 0 spiro atoms. The zero-order chi connectivity index (χ0) is 21.0. The summed E-state index contributed by atoms with van der Waals surface area (Å²) in [4.78, 5) is 22.6. The third kappa shape index (κ3) is 4.43. The van der Waals surface area contributed by atoms with Crippen LogP contribution in [0.25, 0.3) is 17.3 Å². The van der Waals surface area contributed by atoms with Gasteiger partial charge in [-0.15, -0.1) is 10.2 Å². The van der Waals surface area contributed by atoms with Crippen LogP contribution in [0.1, 0.15) is 12.2 Å². The summed E-state index contributed by atoms with van der Waals surface area (Å²) >= 11 is 1.08. The highest BCUT2D eigenvalue weighted by molar-refractivity contribution is 7.99. The van der Waals surface area contributed by atoms with Gasteiger partial charge in [0.05, 0.1) is 20.0 Å². The van der Waals surface area contributed by atoms with E-state index in [1.807, 2.05) is 6.92 Å². The normalized spacial score (nSPS) is 10.7. The number of para-hydroxylation sites is 1. The summed E-state index contributed by atoms with van der Waals surface area (Å²) in [5.41, 5.74) is 0.541. The number of benzene rings is 1. The lowest BCUT2D eigenvalue weighted by molar-refractivity contribution is -0.139. The Kier molecular flexibility index (Phi) is 6.23. The predicted molar refractivity (Wildman–Crippen MR) is 105 cm³/mol. The van der Waals surface area contributed by atoms with E-state index >= 15 is 0 Å². The number of carboxylic acids is 1. The van der Waals surface area contributed by atoms with Crippen molar-refractivity contribution in [3.8, 4) is 28.8 Å². The molecule has 0 unspecified atom stereocenters. The number of nitrogens with zero attached hydrogens (tertiary/aromatic N) is 3. The molecule has 29 heavy (non-hydrogen) atoms. The molecule has 0 fully saturated rings. The highest BCUT2D eigenvalue weighted by Gasteiger charge is 2.24. The summed E-state index contributed by atoms with van der Waals surface area (Å²) < 4.78 is 18.4. The largest absolute Gasteiger partial charge is 0.494 e. The second kappa shape index (κ2) is 8.82. The number of carbonyl (C=O) groups excluding carboxylic acids is 1. The summed E-state index contributed by atoms with van der Waals surface area (Å²) in [6.45, 7) is 1.81. The molecule has 0 aliphatic heterocycles. The van der Waals surface area contributed by atoms with Gasteiger partial charge in [-0.2, -0.15) is 0 Å². The molecular weight excluding hydrogens is 398 g/mol. The third-order valence-electron chi connectivity index (χ3n) is 3.93. The van der Waals surface area contributed by atoms with Crippen LogP contribution >= 0.6 is 11.8 Å². The van der Waals surface area contributed by atoms with Crippen LogP contribution < -0.4 is 9.47 Å². The Morgan fingerprint density at radius 2 is 1.83 bits per heavy atom. The smallest absolute Gasteiger partial charge is 0.310 e. The molecule has 3 aromatic rings. The number of Topliss-reactive ketones (excluding diaryl/α,β-unsaturated/α-hetero) is 1. The fraction of sp³-hybridized carbons (Fsp3) is 0.263. The van der Waals surface area contributed by atoms with Crippen LogP contribution in [-0.2, 0) is 9.59 Å². The fourth-order valence-electron chi connectivity index (χ4n) is 2.70. The summed E-state index contributed by atoms with van der Waals surface area (Å²) in [6.07, 6.45) is -0.552. The molecule has 2 aromatic heterocycles. The molecule has 0 aliphatic carbocycles. The molecule has 2 heterocycles. The van der Waals surface area contributed by atoms with Crippen LogP contribution in [0.5, 0.6) is 11.5 Å². The van der Waals surface area contributed by atoms with Crippen molar-refractivity contribution in [1.82, 2.24) is 14.8 Å². The van der Waals surface area contributed by atoms with Gasteiger partial charge < -0.3 is 19.0 Å². The number of methoxy groups -OCH3 is 2. The summed E-state index contributed by atoms with van der Waals surface area (Å²) in [5.74, 6) is 0.918. The van der Waals surface area contributed by atoms with Crippen LogP contribution in [-0.4, -0.2) is 51.6 Å². The topological polar surface area (TPSA) is 117 Å². The van der Waals surface area contributed by atoms with Gasteiger partial charge in [-0.05, 0) is 31.2 Å². The summed E-state index contributed by atoms with van der Waals surface area (Å²) in [6, 6.07) is 8.88. The number of hydrogen-bond donors (Lipinski definition) is 1. The van der Waals surface area contributed by atoms with Crippen molar-refractivity contribution >= 4 is 23.5 Å². The number of ether oxygens (including phenoxy) is 2. The van der Waals surface area contributed by atoms with E-state index in [9.17, 15) is 9.59 Å². The Balaban J connectivity index is 2.11. The zero-order valence-corrected chi connectivity index (χ0v) is 16.9. The molecule has 0 amide bonds. The van der Waals surface area contributed by atoms with Crippen molar-refractivity contribution in [2.75, 3.05) is 20.0 Å². The zero-order valence-electron chi connectivity index (χ0n) is 16.0. The van der Waals surface area contributed by atoms with E-state index in [0.29, 0.717) is 39.7 Å². The first kappa shape index (κ1) is 20.5. The fourth-order valence-corrected chi connectivity index (χ4v) is 3.49. The van der Waals surface area contributed by atoms with Crippen LogP contribution in [0.2, 0.25) is 0 Å². The van der Waals surface area contributed by atoms with Gasteiger partial charge >= 0.3 is 5.97 Å². The van der Waals surface area contributed by atoms with Gasteiger partial charge in [0.2, 0.25) is 5.82 Å². The first-order valence-electron chi connectivity index (χ1n) is 8.54. The molecule has 0 aliphatic rings. The minimum absolute atomic E-state index is 0.0704. The number of aryl methyl sites for hydroxylation is 1. The SMILES string of the molecule is COc1cccc(OC)c1-n1c(SCC(=O)CC(=O)O)nnc1-c1ccc(C)o1. The number of thioether (sulfide) groups is 1. The Morgan fingerprint density at radius 1 is 1.14 bits per heavy atom. The molecule has 9 nitrogen and oxygen atoms in total. The molecule has 152 valence electrons. The maximum absolute atomic E-state index is 11.9. The van der Waals surface area contributed by atoms with E-state index in [2.05, 4.69) is 10.2 Å². The molecule has 0 saturated heterocycles. The number of rotatable bonds is 9. The van der Waals surface area contributed by atoms with Crippen molar-refractivity contribution in [3.05, 3.63) is 36.1 Å². The van der Waals surface area contributed by atoms with Crippen LogP contribution in [0.3, 0.4) is 0 Å². The maximum atomic E-state index is 11.9. The third-order valence-corrected chi connectivity index (χ3v) is 4.92. The second-order valence-corrected chi connectivity index (χ2v) is 6.90. The minimum atomic E-state index is -1.17. The maximum Gasteiger partial charge on any atom is 0.310 e. The summed E-state index contributed by atoms with van der Waals surface area (Å²) in [5, 5.41) is 17.6. The predicted octanol–water partition coefficient (Wildman–Crippen LogP) is 2.99. The van der Waals surface area contributed by atoms with Gasteiger partial charge in [0.25, 0.3) is 0 Å².